The summed E-state index contributed by atoms with van der Waals surface area (Å²) in [5.41, 5.74) is 1.93. The van der Waals surface area contributed by atoms with E-state index < -0.39 is 25.0 Å². The Morgan fingerprint density at radius 1 is 1.23 bits per heavy atom. The van der Waals surface area contributed by atoms with Crippen molar-refractivity contribution in [2.75, 3.05) is 11.9 Å². The highest BCUT2D eigenvalue weighted by atomic mass is 19.3. The van der Waals surface area contributed by atoms with Crippen LogP contribution >= 0.6 is 0 Å². The molecular weight excluding hydrogens is 396 g/mol. The molecule has 1 unspecified atom stereocenters. The molecule has 1 aliphatic rings. The Kier molecular flexibility index (Phi) is 6.53. The molecule has 2 amide bonds. The molecule has 0 aliphatic heterocycles. The maximum absolute atomic E-state index is 12.7. The van der Waals surface area contributed by atoms with E-state index in [1.54, 1.807) is 26.8 Å². The molecule has 2 heterocycles. The molecule has 0 bridgehead atoms. The molecule has 10 heteroatoms. The number of rotatable bonds is 8. The summed E-state index contributed by atoms with van der Waals surface area (Å²) in [7, 11) is 0. The molecule has 0 spiro atoms. The smallest absolute Gasteiger partial charge is 0.272 e. The molecule has 30 heavy (non-hydrogen) atoms. The first-order valence-corrected chi connectivity index (χ1v) is 9.58. The molecule has 1 saturated carbocycles. The van der Waals surface area contributed by atoms with Gasteiger partial charge in [0.2, 0.25) is 17.7 Å². The van der Waals surface area contributed by atoms with E-state index in [9.17, 15) is 18.4 Å². The number of halogens is 2. The van der Waals surface area contributed by atoms with E-state index >= 15 is 0 Å². The number of ether oxygens (including phenoxy) is 1. The Hall–Kier alpha value is -3.17. The Labute approximate surface area is 172 Å². The number of carbonyl (C=O) groups excluding carboxylic acids is 2. The Bertz CT molecular complexity index is 950. The molecule has 2 N–H and O–H groups in total. The lowest BCUT2D eigenvalue weighted by Crippen LogP contribution is -2.28. The van der Waals surface area contributed by atoms with E-state index in [1.807, 2.05) is 0 Å². The predicted octanol–water partition coefficient (Wildman–Crippen LogP) is 2.97. The fraction of sp³-hybridized carbons (Fsp3) is 0.450. The van der Waals surface area contributed by atoms with E-state index in [-0.39, 0.29) is 29.3 Å². The lowest BCUT2D eigenvalue weighted by molar-refractivity contribution is -0.117. The van der Waals surface area contributed by atoms with Crippen LogP contribution in [-0.2, 0) is 4.79 Å². The average Bonchev–Trinajstić information content (AvgIpc) is 3.51. The van der Waals surface area contributed by atoms with Gasteiger partial charge in [-0.2, -0.15) is 0 Å². The van der Waals surface area contributed by atoms with Crippen LogP contribution in [0.15, 0.2) is 18.3 Å². The second-order valence-corrected chi connectivity index (χ2v) is 7.27. The van der Waals surface area contributed by atoms with Gasteiger partial charge in [-0.25, -0.2) is 23.7 Å². The molecule has 160 valence electrons. The highest BCUT2D eigenvalue weighted by Gasteiger charge is 2.30. The van der Waals surface area contributed by atoms with Crippen LogP contribution in [0.3, 0.4) is 0 Å². The summed E-state index contributed by atoms with van der Waals surface area (Å²) >= 11 is 0. The highest BCUT2D eigenvalue weighted by Crippen LogP contribution is 2.29. The van der Waals surface area contributed by atoms with Crippen molar-refractivity contribution in [3.8, 4) is 5.88 Å². The van der Waals surface area contributed by atoms with Crippen molar-refractivity contribution in [1.29, 1.82) is 0 Å². The lowest BCUT2D eigenvalue weighted by atomic mass is 10.1. The number of pyridine rings is 1. The normalized spacial score (nSPS) is 14.3. The third-order valence-corrected chi connectivity index (χ3v) is 4.52. The van der Waals surface area contributed by atoms with E-state index in [0.717, 1.165) is 12.8 Å². The van der Waals surface area contributed by atoms with Crippen LogP contribution < -0.4 is 15.4 Å². The Morgan fingerprint density at radius 3 is 2.60 bits per heavy atom. The fourth-order valence-corrected chi connectivity index (χ4v) is 2.77. The topological polar surface area (TPSA) is 106 Å². The summed E-state index contributed by atoms with van der Waals surface area (Å²) in [6, 6.07) is 2.82. The van der Waals surface area contributed by atoms with Gasteiger partial charge < -0.3 is 10.1 Å². The third kappa shape index (κ3) is 5.68. The van der Waals surface area contributed by atoms with Gasteiger partial charge in [-0.05, 0) is 51.3 Å². The molecule has 0 radical (unpaired) electrons. The number of anilines is 1. The minimum Gasteiger partial charge on any atom is -0.471 e. The molecular formula is C20H23F2N5O3. The van der Waals surface area contributed by atoms with Crippen molar-refractivity contribution in [3.05, 3.63) is 40.8 Å². The SMILES string of the molecule is Cc1cc(C(=O)NC(C)c2cnc(OCC(F)F)c(C)c2)nc(NC(=O)C2CC2)n1. The maximum Gasteiger partial charge on any atom is 0.272 e. The molecule has 1 aliphatic carbocycles. The van der Waals surface area contributed by atoms with Crippen LogP contribution in [-0.4, -0.2) is 39.8 Å². The lowest BCUT2D eigenvalue weighted by Gasteiger charge is -2.16. The highest BCUT2D eigenvalue weighted by molar-refractivity contribution is 5.95. The van der Waals surface area contributed by atoms with Gasteiger partial charge in [0.05, 0.1) is 6.04 Å². The van der Waals surface area contributed by atoms with E-state index in [2.05, 4.69) is 25.6 Å². The molecule has 1 fully saturated rings. The quantitative estimate of drug-likeness (QED) is 0.681. The van der Waals surface area contributed by atoms with Gasteiger partial charge >= 0.3 is 0 Å². The maximum atomic E-state index is 12.7. The molecule has 0 aromatic carbocycles. The predicted molar refractivity (Wildman–Crippen MR) is 104 cm³/mol. The first kappa shape index (κ1) is 21.5. The Balaban J connectivity index is 1.67. The summed E-state index contributed by atoms with van der Waals surface area (Å²) in [6.07, 6.45) is 0.578. The number of aryl methyl sites for hydroxylation is 2. The third-order valence-electron chi connectivity index (χ3n) is 4.52. The summed E-state index contributed by atoms with van der Waals surface area (Å²) in [5.74, 6) is -0.362. The second-order valence-electron chi connectivity index (χ2n) is 7.27. The standard InChI is InChI=1S/C20H23F2N5O3/c1-10-6-14(8-23-19(10)30-9-16(21)22)12(3)25-18(29)15-7-11(2)24-20(26-15)27-17(28)13-4-5-13/h6-8,12-13,16H,4-5,9H2,1-3H3,(H,25,29)(H,24,26,27,28). The summed E-state index contributed by atoms with van der Waals surface area (Å²) in [4.78, 5) is 36.9. The van der Waals surface area contributed by atoms with E-state index in [0.29, 0.717) is 16.8 Å². The van der Waals surface area contributed by atoms with Crippen molar-refractivity contribution in [3.63, 3.8) is 0 Å². The summed E-state index contributed by atoms with van der Waals surface area (Å²) < 4.78 is 29.6. The van der Waals surface area contributed by atoms with E-state index in [1.165, 1.54) is 12.3 Å². The first-order chi connectivity index (χ1) is 14.2. The number of nitrogens with zero attached hydrogens (tertiary/aromatic N) is 3. The number of alkyl halides is 2. The van der Waals surface area contributed by atoms with Gasteiger partial charge in [0.25, 0.3) is 12.3 Å². The monoisotopic (exact) mass is 419 g/mol. The van der Waals surface area contributed by atoms with E-state index in [4.69, 9.17) is 4.74 Å². The molecule has 2 aromatic rings. The Morgan fingerprint density at radius 2 is 1.97 bits per heavy atom. The number of carbonyl (C=O) groups is 2. The van der Waals surface area contributed by atoms with Crippen LogP contribution in [0, 0.1) is 19.8 Å². The zero-order chi connectivity index (χ0) is 21.8. The number of hydrogen-bond donors (Lipinski definition) is 2. The van der Waals surface area contributed by atoms with Gasteiger partial charge in [0.15, 0.2) is 6.61 Å². The second kappa shape index (κ2) is 9.10. The molecule has 8 nitrogen and oxygen atoms in total. The van der Waals surface area contributed by atoms with Gasteiger partial charge in [-0.3, -0.25) is 14.9 Å². The van der Waals surface area contributed by atoms with Crippen LogP contribution in [0.4, 0.5) is 14.7 Å². The molecule has 0 saturated heterocycles. The van der Waals surface area contributed by atoms with Crippen LogP contribution in [0.25, 0.3) is 0 Å². The first-order valence-electron chi connectivity index (χ1n) is 9.58. The van der Waals surface area contributed by atoms with Crippen molar-refractivity contribution in [1.82, 2.24) is 20.3 Å². The van der Waals surface area contributed by atoms with Gasteiger partial charge in [-0.15, -0.1) is 0 Å². The fourth-order valence-electron chi connectivity index (χ4n) is 2.77. The van der Waals surface area contributed by atoms with Gasteiger partial charge in [-0.1, -0.05) is 0 Å². The van der Waals surface area contributed by atoms with Crippen molar-refractivity contribution < 1.29 is 23.1 Å². The largest absolute Gasteiger partial charge is 0.471 e. The summed E-state index contributed by atoms with van der Waals surface area (Å²) in [6.45, 7) is 4.43. The van der Waals surface area contributed by atoms with Crippen LogP contribution in [0.5, 0.6) is 5.88 Å². The number of amides is 2. The van der Waals surface area contributed by atoms with Crippen molar-refractivity contribution in [2.45, 2.75) is 46.1 Å². The minimum atomic E-state index is -2.58. The number of aromatic nitrogens is 3. The molecule has 1 atom stereocenters. The minimum absolute atomic E-state index is 0.00482. The van der Waals surface area contributed by atoms with Gasteiger partial charge in [0, 0.05) is 23.4 Å². The van der Waals surface area contributed by atoms with Crippen LogP contribution in [0.2, 0.25) is 0 Å². The number of nitrogens with one attached hydrogen (secondary N) is 2. The zero-order valence-corrected chi connectivity index (χ0v) is 16.9. The van der Waals surface area contributed by atoms with Gasteiger partial charge in [0.1, 0.15) is 5.69 Å². The molecule has 2 aromatic heterocycles. The van der Waals surface area contributed by atoms with Crippen LogP contribution in [0.1, 0.15) is 53.1 Å². The average molecular weight is 419 g/mol. The van der Waals surface area contributed by atoms with Crippen molar-refractivity contribution in [2.24, 2.45) is 5.92 Å². The molecule has 3 rings (SSSR count). The van der Waals surface area contributed by atoms with Crippen molar-refractivity contribution >= 4 is 17.8 Å². The zero-order valence-electron chi connectivity index (χ0n) is 16.9. The summed E-state index contributed by atoms with van der Waals surface area (Å²) in [5, 5.41) is 5.45. The number of hydrogen-bond acceptors (Lipinski definition) is 6.